The van der Waals surface area contributed by atoms with Crippen molar-refractivity contribution in [1.29, 1.82) is 0 Å². The molecule has 0 radical (unpaired) electrons. The highest BCUT2D eigenvalue weighted by atomic mass is 16.4. The van der Waals surface area contributed by atoms with Gasteiger partial charge >= 0.3 is 5.97 Å². The van der Waals surface area contributed by atoms with E-state index in [1.807, 2.05) is 44.2 Å². The molecule has 100 valence electrons. The molecule has 0 saturated carbocycles. The van der Waals surface area contributed by atoms with Crippen molar-refractivity contribution in [3.05, 3.63) is 41.6 Å². The van der Waals surface area contributed by atoms with Crippen molar-refractivity contribution < 1.29 is 9.90 Å². The highest BCUT2D eigenvalue weighted by Crippen LogP contribution is 2.20. The SMILES string of the molecule is CCCNC(C(=O)O)c1ccc2nc(C)ccc2c1. The van der Waals surface area contributed by atoms with Crippen molar-refractivity contribution in [1.82, 2.24) is 10.3 Å². The highest BCUT2D eigenvalue weighted by Gasteiger charge is 2.18. The molecular weight excluding hydrogens is 240 g/mol. The Bertz CT molecular complexity index is 596. The number of rotatable bonds is 5. The van der Waals surface area contributed by atoms with Gasteiger partial charge in [-0.15, -0.1) is 0 Å². The molecule has 1 aromatic carbocycles. The summed E-state index contributed by atoms with van der Waals surface area (Å²) in [5.74, 6) is -0.854. The van der Waals surface area contributed by atoms with E-state index in [2.05, 4.69) is 10.3 Å². The molecule has 1 aromatic heterocycles. The molecular formula is C15H18N2O2. The van der Waals surface area contributed by atoms with Gasteiger partial charge in [-0.1, -0.05) is 19.1 Å². The summed E-state index contributed by atoms with van der Waals surface area (Å²) in [6, 6.07) is 8.84. The second-order valence-corrected chi connectivity index (χ2v) is 4.63. The second kappa shape index (κ2) is 5.80. The Morgan fingerprint density at radius 3 is 2.84 bits per heavy atom. The van der Waals surface area contributed by atoms with Crippen molar-refractivity contribution in [2.45, 2.75) is 26.3 Å². The van der Waals surface area contributed by atoms with E-state index in [1.165, 1.54) is 0 Å². The second-order valence-electron chi connectivity index (χ2n) is 4.63. The maximum absolute atomic E-state index is 11.3. The molecule has 0 aliphatic carbocycles. The lowest BCUT2D eigenvalue weighted by molar-refractivity contribution is -0.139. The third kappa shape index (κ3) is 3.09. The molecule has 0 fully saturated rings. The van der Waals surface area contributed by atoms with E-state index in [9.17, 15) is 9.90 Å². The fourth-order valence-corrected chi connectivity index (χ4v) is 2.06. The minimum Gasteiger partial charge on any atom is -0.480 e. The molecule has 0 spiro atoms. The molecule has 1 unspecified atom stereocenters. The van der Waals surface area contributed by atoms with Gasteiger partial charge in [0.15, 0.2) is 0 Å². The Balaban J connectivity index is 2.37. The molecule has 0 aliphatic rings. The summed E-state index contributed by atoms with van der Waals surface area (Å²) < 4.78 is 0. The highest BCUT2D eigenvalue weighted by molar-refractivity contribution is 5.82. The number of benzene rings is 1. The molecule has 2 aromatic rings. The predicted molar refractivity (Wildman–Crippen MR) is 75.2 cm³/mol. The van der Waals surface area contributed by atoms with Crippen LogP contribution < -0.4 is 5.32 Å². The fourth-order valence-electron chi connectivity index (χ4n) is 2.06. The van der Waals surface area contributed by atoms with Crippen LogP contribution in [0.1, 0.15) is 30.6 Å². The Kier molecular flexibility index (Phi) is 4.12. The molecule has 1 atom stereocenters. The van der Waals surface area contributed by atoms with Crippen LogP contribution in [0.4, 0.5) is 0 Å². The first-order valence-electron chi connectivity index (χ1n) is 6.45. The smallest absolute Gasteiger partial charge is 0.325 e. The van der Waals surface area contributed by atoms with Crippen LogP contribution in [0.25, 0.3) is 10.9 Å². The lowest BCUT2D eigenvalue weighted by atomic mass is 10.0. The zero-order valence-corrected chi connectivity index (χ0v) is 11.2. The Hall–Kier alpha value is -1.94. The number of hydrogen-bond donors (Lipinski definition) is 2. The summed E-state index contributed by atoms with van der Waals surface area (Å²) in [5, 5.41) is 13.3. The lowest BCUT2D eigenvalue weighted by Crippen LogP contribution is -2.29. The van der Waals surface area contributed by atoms with Crippen molar-refractivity contribution in [2.24, 2.45) is 0 Å². The number of nitrogens with zero attached hydrogens (tertiary/aromatic N) is 1. The van der Waals surface area contributed by atoms with Crippen molar-refractivity contribution in [3.63, 3.8) is 0 Å². The van der Waals surface area contributed by atoms with E-state index in [4.69, 9.17) is 0 Å². The monoisotopic (exact) mass is 258 g/mol. The maximum Gasteiger partial charge on any atom is 0.325 e. The zero-order valence-electron chi connectivity index (χ0n) is 11.2. The number of aryl methyl sites for hydroxylation is 1. The van der Waals surface area contributed by atoms with E-state index in [-0.39, 0.29) is 0 Å². The predicted octanol–water partition coefficient (Wildman–Crippen LogP) is 2.67. The van der Waals surface area contributed by atoms with Crippen LogP contribution in [0.3, 0.4) is 0 Å². The van der Waals surface area contributed by atoms with E-state index < -0.39 is 12.0 Å². The summed E-state index contributed by atoms with van der Waals surface area (Å²) in [7, 11) is 0. The first kappa shape index (κ1) is 13.5. The van der Waals surface area contributed by atoms with Gasteiger partial charge in [0.1, 0.15) is 6.04 Å². The largest absolute Gasteiger partial charge is 0.480 e. The molecule has 19 heavy (non-hydrogen) atoms. The quantitative estimate of drug-likeness (QED) is 0.865. The minimum atomic E-state index is -0.854. The van der Waals surface area contributed by atoms with Gasteiger partial charge in [-0.3, -0.25) is 9.78 Å². The number of carboxylic acids is 1. The fraction of sp³-hybridized carbons (Fsp3) is 0.333. The minimum absolute atomic E-state index is 0.661. The molecule has 0 amide bonds. The number of carboxylic acid groups (broad SMARTS) is 1. The van der Waals surface area contributed by atoms with Crippen LogP contribution in [0.15, 0.2) is 30.3 Å². The topological polar surface area (TPSA) is 62.2 Å². The van der Waals surface area contributed by atoms with Gasteiger partial charge in [0, 0.05) is 11.1 Å². The van der Waals surface area contributed by atoms with Gasteiger partial charge in [0.2, 0.25) is 0 Å². The van der Waals surface area contributed by atoms with Crippen molar-refractivity contribution in [3.8, 4) is 0 Å². The van der Waals surface area contributed by atoms with Gasteiger partial charge in [0.25, 0.3) is 0 Å². The van der Waals surface area contributed by atoms with Crippen LogP contribution >= 0.6 is 0 Å². The van der Waals surface area contributed by atoms with Crippen LogP contribution in [-0.2, 0) is 4.79 Å². The number of fused-ring (bicyclic) bond motifs is 1. The normalized spacial score (nSPS) is 12.5. The molecule has 0 saturated heterocycles. The van der Waals surface area contributed by atoms with Crippen LogP contribution in [0.2, 0.25) is 0 Å². The third-order valence-electron chi connectivity index (χ3n) is 3.03. The molecule has 4 heteroatoms. The van der Waals surface area contributed by atoms with E-state index >= 15 is 0 Å². The van der Waals surface area contributed by atoms with Crippen LogP contribution in [0.5, 0.6) is 0 Å². The van der Waals surface area contributed by atoms with Gasteiger partial charge in [0.05, 0.1) is 5.52 Å². The van der Waals surface area contributed by atoms with Crippen molar-refractivity contribution >= 4 is 16.9 Å². The summed E-state index contributed by atoms with van der Waals surface area (Å²) in [6.07, 6.45) is 0.901. The Morgan fingerprint density at radius 2 is 2.16 bits per heavy atom. The number of pyridine rings is 1. The zero-order chi connectivity index (χ0) is 13.8. The number of nitrogens with one attached hydrogen (secondary N) is 1. The Labute approximate surface area is 112 Å². The average molecular weight is 258 g/mol. The van der Waals surface area contributed by atoms with E-state index in [0.29, 0.717) is 6.54 Å². The van der Waals surface area contributed by atoms with E-state index in [0.717, 1.165) is 28.6 Å². The molecule has 1 heterocycles. The summed E-state index contributed by atoms with van der Waals surface area (Å²) in [6.45, 7) is 4.64. The molecule has 2 rings (SSSR count). The molecule has 4 nitrogen and oxygen atoms in total. The molecule has 0 aliphatic heterocycles. The summed E-state index contributed by atoms with van der Waals surface area (Å²) in [4.78, 5) is 15.7. The van der Waals surface area contributed by atoms with E-state index in [1.54, 1.807) is 0 Å². The van der Waals surface area contributed by atoms with Crippen LogP contribution in [-0.4, -0.2) is 22.6 Å². The van der Waals surface area contributed by atoms with Crippen molar-refractivity contribution in [2.75, 3.05) is 6.54 Å². The first-order chi connectivity index (χ1) is 9.11. The Morgan fingerprint density at radius 1 is 1.37 bits per heavy atom. The third-order valence-corrected chi connectivity index (χ3v) is 3.03. The van der Waals surface area contributed by atoms with Gasteiger partial charge in [-0.25, -0.2) is 0 Å². The van der Waals surface area contributed by atoms with Gasteiger partial charge in [-0.2, -0.15) is 0 Å². The number of aromatic nitrogens is 1. The van der Waals surface area contributed by atoms with Gasteiger partial charge in [-0.05, 0) is 43.7 Å². The number of aliphatic carboxylic acids is 1. The molecule has 2 N–H and O–H groups in total. The first-order valence-corrected chi connectivity index (χ1v) is 6.45. The van der Waals surface area contributed by atoms with Gasteiger partial charge < -0.3 is 10.4 Å². The maximum atomic E-state index is 11.3. The summed E-state index contributed by atoms with van der Waals surface area (Å²) in [5.41, 5.74) is 2.61. The number of hydrogen-bond acceptors (Lipinski definition) is 3. The van der Waals surface area contributed by atoms with Crippen LogP contribution in [0, 0.1) is 6.92 Å². The summed E-state index contributed by atoms with van der Waals surface area (Å²) >= 11 is 0. The average Bonchev–Trinajstić information content (AvgIpc) is 2.39. The lowest BCUT2D eigenvalue weighted by Gasteiger charge is -2.14. The molecule has 0 bridgehead atoms. The standard InChI is InChI=1S/C15H18N2O2/c1-3-8-16-14(15(18)19)12-6-7-13-11(9-12)5-4-10(2)17-13/h4-7,9,14,16H,3,8H2,1-2H3,(H,18,19). The number of carbonyl (C=O) groups is 1.